The average molecular weight is 424 g/mol. The number of hydrogen-bond acceptors (Lipinski definition) is 6. The summed E-state index contributed by atoms with van der Waals surface area (Å²) in [5, 5.41) is 7.77. The normalized spacial score (nSPS) is 24.1. The summed E-state index contributed by atoms with van der Waals surface area (Å²) >= 11 is 1.56. The Hall–Kier alpha value is -2.58. The molecule has 5 rings (SSSR count). The zero-order valence-electron chi connectivity index (χ0n) is 16.7. The molecule has 0 bridgehead atoms. The van der Waals surface area contributed by atoms with Crippen molar-refractivity contribution in [3.63, 3.8) is 0 Å². The molecule has 1 saturated heterocycles. The monoisotopic (exact) mass is 423 g/mol. The van der Waals surface area contributed by atoms with Gasteiger partial charge < -0.3 is 10.1 Å². The van der Waals surface area contributed by atoms with E-state index in [2.05, 4.69) is 20.4 Å². The molecule has 3 aromatic heterocycles. The first-order chi connectivity index (χ1) is 14.8. The fourth-order valence-corrected chi connectivity index (χ4v) is 5.30. The highest BCUT2D eigenvalue weighted by Gasteiger charge is 2.26. The molecule has 1 amide bonds. The summed E-state index contributed by atoms with van der Waals surface area (Å²) in [6.45, 7) is 0.823. The zero-order valence-corrected chi connectivity index (χ0v) is 17.6. The molecule has 0 radical (unpaired) electrons. The van der Waals surface area contributed by atoms with E-state index in [0.29, 0.717) is 6.04 Å². The maximum absolute atomic E-state index is 12.7. The van der Waals surface area contributed by atoms with Crippen LogP contribution in [-0.4, -0.2) is 38.3 Å². The van der Waals surface area contributed by atoms with E-state index in [1.54, 1.807) is 29.9 Å². The first-order valence-electron chi connectivity index (χ1n) is 10.6. The van der Waals surface area contributed by atoms with Crippen molar-refractivity contribution in [1.29, 1.82) is 0 Å². The number of thiophene rings is 1. The SMILES string of the molecule is O=C(NC1CCC(n2cc(-c3cnccn3)cn2)CC1)c1ccc(C2CCCO2)s1. The third kappa shape index (κ3) is 4.15. The Morgan fingerprint density at radius 2 is 2.03 bits per heavy atom. The van der Waals surface area contributed by atoms with Crippen molar-refractivity contribution in [1.82, 2.24) is 25.1 Å². The molecule has 2 aliphatic rings. The van der Waals surface area contributed by atoms with Crippen molar-refractivity contribution in [3.05, 3.63) is 52.9 Å². The van der Waals surface area contributed by atoms with Crippen molar-refractivity contribution < 1.29 is 9.53 Å². The lowest BCUT2D eigenvalue weighted by molar-refractivity contribution is 0.0926. The van der Waals surface area contributed by atoms with E-state index >= 15 is 0 Å². The summed E-state index contributed by atoms with van der Waals surface area (Å²) in [5.74, 6) is 0.0386. The van der Waals surface area contributed by atoms with E-state index in [1.807, 2.05) is 29.2 Å². The smallest absolute Gasteiger partial charge is 0.261 e. The fourth-order valence-electron chi connectivity index (χ4n) is 4.31. The first-order valence-corrected chi connectivity index (χ1v) is 11.4. The minimum Gasteiger partial charge on any atom is -0.373 e. The van der Waals surface area contributed by atoms with E-state index in [9.17, 15) is 4.79 Å². The Balaban J connectivity index is 1.15. The lowest BCUT2D eigenvalue weighted by Crippen LogP contribution is -2.37. The number of nitrogens with one attached hydrogen (secondary N) is 1. The van der Waals surface area contributed by atoms with Crippen LogP contribution in [0.1, 0.15) is 65.2 Å². The lowest BCUT2D eigenvalue weighted by Gasteiger charge is -2.29. The first kappa shape index (κ1) is 19.4. The second kappa shape index (κ2) is 8.65. The predicted octanol–water partition coefficient (Wildman–Crippen LogP) is 4.17. The molecular weight excluding hydrogens is 398 g/mol. The van der Waals surface area contributed by atoms with Crippen LogP contribution < -0.4 is 5.32 Å². The Bertz CT molecular complexity index is 988. The molecule has 2 fully saturated rings. The van der Waals surface area contributed by atoms with Gasteiger partial charge in [0.2, 0.25) is 0 Å². The highest BCUT2D eigenvalue weighted by Crippen LogP contribution is 2.34. The summed E-state index contributed by atoms with van der Waals surface area (Å²) in [4.78, 5) is 23.1. The molecule has 7 nitrogen and oxygen atoms in total. The van der Waals surface area contributed by atoms with Gasteiger partial charge in [-0.15, -0.1) is 11.3 Å². The summed E-state index contributed by atoms with van der Waals surface area (Å²) in [6.07, 6.45) is 15.3. The summed E-state index contributed by atoms with van der Waals surface area (Å²) in [7, 11) is 0. The largest absolute Gasteiger partial charge is 0.373 e. The number of aromatic nitrogens is 4. The Kier molecular flexibility index (Phi) is 5.59. The van der Waals surface area contributed by atoms with Gasteiger partial charge in [-0.1, -0.05) is 0 Å². The molecule has 3 aromatic rings. The van der Waals surface area contributed by atoms with Gasteiger partial charge in [0.05, 0.1) is 35.1 Å². The highest BCUT2D eigenvalue weighted by atomic mass is 32.1. The fraction of sp³-hybridized carbons (Fsp3) is 0.455. The Labute approximate surface area is 179 Å². The summed E-state index contributed by atoms with van der Waals surface area (Å²) in [5.41, 5.74) is 1.82. The molecule has 30 heavy (non-hydrogen) atoms. The second-order valence-electron chi connectivity index (χ2n) is 7.98. The minimum atomic E-state index is 0.0386. The maximum Gasteiger partial charge on any atom is 0.261 e. The van der Waals surface area contributed by atoms with Crippen LogP contribution in [0.15, 0.2) is 43.1 Å². The molecule has 1 aliphatic heterocycles. The van der Waals surface area contributed by atoms with Crippen LogP contribution in [0.4, 0.5) is 0 Å². The number of amides is 1. The molecule has 156 valence electrons. The second-order valence-corrected chi connectivity index (χ2v) is 9.10. The molecule has 0 aromatic carbocycles. The van der Waals surface area contributed by atoms with Crippen LogP contribution in [0.2, 0.25) is 0 Å². The van der Waals surface area contributed by atoms with Gasteiger partial charge in [-0.2, -0.15) is 5.10 Å². The van der Waals surface area contributed by atoms with Gasteiger partial charge in [-0.3, -0.25) is 19.4 Å². The van der Waals surface area contributed by atoms with Crippen LogP contribution in [0, 0.1) is 0 Å². The average Bonchev–Trinajstić information content (AvgIpc) is 3.56. The van der Waals surface area contributed by atoms with E-state index in [0.717, 1.165) is 61.3 Å². The van der Waals surface area contributed by atoms with Gasteiger partial charge in [0.1, 0.15) is 0 Å². The molecule has 0 spiro atoms. The molecule has 4 heterocycles. The van der Waals surface area contributed by atoms with E-state index in [4.69, 9.17) is 4.74 Å². The number of carbonyl (C=O) groups excluding carboxylic acids is 1. The van der Waals surface area contributed by atoms with Crippen LogP contribution in [0.25, 0.3) is 11.3 Å². The van der Waals surface area contributed by atoms with Crippen molar-refractivity contribution in [2.24, 2.45) is 0 Å². The summed E-state index contributed by atoms with van der Waals surface area (Å²) < 4.78 is 7.77. The number of rotatable bonds is 5. The standard InChI is InChI=1S/C22H25N5O2S/c28-22(21-8-7-20(30-21)19-2-1-11-29-19)26-16-3-5-17(6-4-16)27-14-15(12-25-27)18-13-23-9-10-24-18/h7-10,12-14,16-17,19H,1-6,11H2,(H,26,28). The minimum absolute atomic E-state index is 0.0386. The van der Waals surface area contributed by atoms with Gasteiger partial charge in [0.25, 0.3) is 5.91 Å². The maximum atomic E-state index is 12.7. The van der Waals surface area contributed by atoms with E-state index in [1.165, 1.54) is 4.88 Å². The third-order valence-electron chi connectivity index (χ3n) is 5.96. The Morgan fingerprint density at radius 1 is 1.13 bits per heavy atom. The van der Waals surface area contributed by atoms with Crippen LogP contribution in [0.5, 0.6) is 0 Å². The number of hydrogen-bond donors (Lipinski definition) is 1. The number of ether oxygens (including phenoxy) is 1. The zero-order chi connectivity index (χ0) is 20.3. The molecular formula is C22H25N5O2S. The van der Waals surface area contributed by atoms with Crippen molar-refractivity contribution >= 4 is 17.2 Å². The van der Waals surface area contributed by atoms with Gasteiger partial charge >= 0.3 is 0 Å². The summed E-state index contributed by atoms with van der Waals surface area (Å²) in [6, 6.07) is 4.55. The molecule has 1 aliphatic carbocycles. The molecule has 1 atom stereocenters. The molecule has 8 heteroatoms. The highest BCUT2D eigenvalue weighted by molar-refractivity contribution is 7.14. The molecule has 1 saturated carbocycles. The quantitative estimate of drug-likeness (QED) is 0.666. The van der Waals surface area contributed by atoms with Crippen LogP contribution in [-0.2, 0) is 4.74 Å². The van der Waals surface area contributed by atoms with Crippen LogP contribution >= 0.6 is 11.3 Å². The number of nitrogens with zero attached hydrogens (tertiary/aromatic N) is 4. The molecule has 1 N–H and O–H groups in total. The molecule has 1 unspecified atom stereocenters. The van der Waals surface area contributed by atoms with Gasteiger partial charge in [0, 0.05) is 41.7 Å². The van der Waals surface area contributed by atoms with E-state index in [-0.39, 0.29) is 18.1 Å². The number of carbonyl (C=O) groups is 1. The van der Waals surface area contributed by atoms with E-state index < -0.39 is 0 Å². The van der Waals surface area contributed by atoms with Crippen molar-refractivity contribution in [2.75, 3.05) is 6.61 Å². The van der Waals surface area contributed by atoms with Gasteiger partial charge in [-0.25, -0.2) is 0 Å². The Morgan fingerprint density at radius 3 is 2.80 bits per heavy atom. The topological polar surface area (TPSA) is 81.9 Å². The predicted molar refractivity (Wildman–Crippen MR) is 114 cm³/mol. The lowest BCUT2D eigenvalue weighted by atomic mass is 9.91. The van der Waals surface area contributed by atoms with Crippen molar-refractivity contribution in [3.8, 4) is 11.3 Å². The van der Waals surface area contributed by atoms with Gasteiger partial charge in [-0.05, 0) is 50.7 Å². The third-order valence-corrected chi connectivity index (χ3v) is 7.14. The van der Waals surface area contributed by atoms with Crippen LogP contribution in [0.3, 0.4) is 0 Å². The van der Waals surface area contributed by atoms with Gasteiger partial charge in [0.15, 0.2) is 0 Å². The van der Waals surface area contributed by atoms with Crippen molar-refractivity contribution in [2.45, 2.75) is 56.7 Å².